The molecule has 2 aromatic rings. The first kappa shape index (κ1) is 15.3. The summed E-state index contributed by atoms with van der Waals surface area (Å²) in [4.78, 5) is 1.36. The second-order valence-electron chi connectivity index (χ2n) is 5.38. The van der Waals surface area contributed by atoms with E-state index in [1.807, 2.05) is 6.92 Å². The maximum absolute atomic E-state index is 13.4. The third kappa shape index (κ3) is 2.39. The maximum atomic E-state index is 13.4. The van der Waals surface area contributed by atoms with Crippen molar-refractivity contribution in [2.75, 3.05) is 4.90 Å². The molecule has 0 bridgehead atoms. The molecule has 0 unspecified atom stereocenters. The van der Waals surface area contributed by atoms with Crippen molar-refractivity contribution < 1.29 is 12.8 Å². The van der Waals surface area contributed by atoms with E-state index >= 15 is 0 Å². The van der Waals surface area contributed by atoms with Crippen LogP contribution >= 0.6 is 0 Å². The molecule has 0 spiro atoms. The van der Waals surface area contributed by atoms with Gasteiger partial charge in [0, 0.05) is 11.9 Å². The van der Waals surface area contributed by atoms with Gasteiger partial charge in [0.15, 0.2) is 4.91 Å². The van der Waals surface area contributed by atoms with Gasteiger partial charge in [0.05, 0.1) is 10.6 Å². The lowest BCUT2D eigenvalue weighted by Crippen LogP contribution is -2.22. The second-order valence-corrected chi connectivity index (χ2v) is 7.27. The summed E-state index contributed by atoms with van der Waals surface area (Å²) in [7, 11) is -3.83. The van der Waals surface area contributed by atoms with Crippen molar-refractivity contribution >= 4 is 21.2 Å². The topological polar surface area (TPSA) is 61.2 Å². The summed E-state index contributed by atoms with van der Waals surface area (Å²) in [5.74, 6) is -0.371. The van der Waals surface area contributed by atoms with Gasteiger partial charge < -0.3 is 4.90 Å². The first-order chi connectivity index (χ1) is 10.8. The highest BCUT2D eigenvalue weighted by molar-refractivity contribution is 7.95. The average Bonchev–Trinajstić information content (AvgIpc) is 2.48. The highest BCUT2D eigenvalue weighted by atomic mass is 32.2. The Hall–Kier alpha value is -2.65. The Balaban J connectivity index is 2.33. The zero-order chi connectivity index (χ0) is 16.8. The van der Waals surface area contributed by atoms with Crippen molar-refractivity contribution in [1.29, 1.82) is 5.26 Å². The number of sulfone groups is 1. The fraction of sp³-hybridized carbons (Fsp3) is 0.118. The molecule has 2 aromatic carbocycles. The quantitative estimate of drug-likeness (QED) is 0.800. The molecule has 6 heteroatoms. The Morgan fingerprint density at radius 2 is 1.83 bits per heavy atom. The third-order valence-electron chi connectivity index (χ3n) is 3.73. The number of allylic oxidation sites excluding steroid dienone is 1. The van der Waals surface area contributed by atoms with Crippen LogP contribution in [0, 0.1) is 31.0 Å². The molecule has 0 N–H and O–H groups in total. The highest BCUT2D eigenvalue weighted by Gasteiger charge is 2.32. The number of hydrogen-bond acceptors (Lipinski definition) is 4. The van der Waals surface area contributed by atoms with Crippen LogP contribution in [0.3, 0.4) is 0 Å². The molecule has 0 atom stereocenters. The molecular formula is C17H13FN2O2S. The molecule has 23 heavy (non-hydrogen) atoms. The molecule has 1 aliphatic heterocycles. The number of aryl methyl sites for hydroxylation is 2. The van der Waals surface area contributed by atoms with Gasteiger partial charge in [-0.1, -0.05) is 6.07 Å². The van der Waals surface area contributed by atoms with Crippen LogP contribution in [0.5, 0.6) is 0 Å². The van der Waals surface area contributed by atoms with Crippen LogP contribution in [0.2, 0.25) is 0 Å². The molecule has 0 aromatic heterocycles. The SMILES string of the molecule is Cc1ccc2c(c1)N(c1ccc(F)cc1C)C=C(C#N)S2(=O)=O. The van der Waals surface area contributed by atoms with Crippen molar-refractivity contribution in [2.45, 2.75) is 18.7 Å². The number of hydrogen-bond donors (Lipinski definition) is 0. The van der Waals surface area contributed by atoms with Gasteiger partial charge in [0.25, 0.3) is 0 Å². The lowest BCUT2D eigenvalue weighted by Gasteiger charge is -2.29. The monoisotopic (exact) mass is 328 g/mol. The molecule has 0 radical (unpaired) electrons. The Labute approximate surface area is 134 Å². The van der Waals surface area contributed by atoms with E-state index in [9.17, 15) is 18.1 Å². The molecule has 0 fully saturated rings. The molecule has 0 amide bonds. The lowest BCUT2D eigenvalue weighted by atomic mass is 10.1. The molecule has 1 heterocycles. The van der Waals surface area contributed by atoms with Gasteiger partial charge in [-0.15, -0.1) is 0 Å². The van der Waals surface area contributed by atoms with Crippen LogP contribution in [0.15, 0.2) is 52.4 Å². The van der Waals surface area contributed by atoms with E-state index in [1.165, 1.54) is 24.4 Å². The summed E-state index contributed by atoms with van der Waals surface area (Å²) in [6.45, 7) is 3.59. The van der Waals surface area contributed by atoms with Gasteiger partial charge in [-0.05, 0) is 55.3 Å². The highest BCUT2D eigenvalue weighted by Crippen LogP contribution is 2.40. The summed E-state index contributed by atoms with van der Waals surface area (Å²) in [6.07, 6.45) is 1.29. The van der Waals surface area contributed by atoms with Gasteiger partial charge >= 0.3 is 0 Å². The van der Waals surface area contributed by atoms with E-state index in [-0.39, 0.29) is 15.6 Å². The maximum Gasteiger partial charge on any atom is 0.220 e. The number of benzene rings is 2. The molecule has 0 saturated carbocycles. The van der Waals surface area contributed by atoms with Crippen LogP contribution in [0.1, 0.15) is 11.1 Å². The lowest BCUT2D eigenvalue weighted by molar-refractivity contribution is 0.602. The molecule has 1 aliphatic rings. The Bertz CT molecular complexity index is 988. The van der Waals surface area contributed by atoms with Crippen LogP contribution < -0.4 is 4.90 Å². The first-order valence-corrected chi connectivity index (χ1v) is 8.36. The zero-order valence-electron chi connectivity index (χ0n) is 12.5. The third-order valence-corrected chi connectivity index (χ3v) is 5.43. The van der Waals surface area contributed by atoms with Crippen LogP contribution in [0.25, 0.3) is 0 Å². The van der Waals surface area contributed by atoms with E-state index in [2.05, 4.69) is 0 Å². The molecule has 3 rings (SSSR count). The normalized spacial score (nSPS) is 15.6. The standard InChI is InChI=1S/C17H13FN2O2S/c1-11-3-6-17-16(7-11)20(10-14(9-19)23(17,21)22)15-5-4-13(18)8-12(15)2/h3-8,10H,1-2H3. The predicted molar refractivity (Wildman–Crippen MR) is 85.3 cm³/mol. The smallest absolute Gasteiger partial charge is 0.220 e. The Morgan fingerprint density at radius 3 is 2.48 bits per heavy atom. The summed E-state index contributed by atoms with van der Waals surface area (Å²) in [6, 6.07) is 10.9. The van der Waals surface area contributed by atoms with Gasteiger partial charge in [-0.2, -0.15) is 5.26 Å². The summed E-state index contributed by atoms with van der Waals surface area (Å²) in [5, 5.41) is 9.20. The van der Waals surface area contributed by atoms with E-state index in [0.29, 0.717) is 16.9 Å². The molecule has 0 saturated heterocycles. The number of halogens is 1. The average molecular weight is 328 g/mol. The number of fused-ring (bicyclic) bond motifs is 1. The van der Waals surface area contributed by atoms with E-state index in [4.69, 9.17) is 0 Å². The van der Waals surface area contributed by atoms with Crippen molar-refractivity contribution in [2.24, 2.45) is 0 Å². The molecule has 0 aliphatic carbocycles. The van der Waals surface area contributed by atoms with Crippen molar-refractivity contribution in [3.63, 3.8) is 0 Å². The van der Waals surface area contributed by atoms with Crippen molar-refractivity contribution in [3.05, 3.63) is 64.4 Å². The minimum atomic E-state index is -3.83. The zero-order valence-corrected chi connectivity index (χ0v) is 13.4. The number of anilines is 2. The number of rotatable bonds is 1. The minimum Gasteiger partial charge on any atom is -0.314 e. The first-order valence-electron chi connectivity index (χ1n) is 6.87. The van der Waals surface area contributed by atoms with Crippen LogP contribution in [-0.2, 0) is 9.84 Å². The van der Waals surface area contributed by atoms with E-state index < -0.39 is 9.84 Å². The number of nitrogens with zero attached hydrogens (tertiary/aromatic N) is 2. The summed E-state index contributed by atoms with van der Waals surface area (Å²) >= 11 is 0. The largest absolute Gasteiger partial charge is 0.314 e. The van der Waals surface area contributed by atoms with Crippen molar-refractivity contribution in [3.8, 4) is 6.07 Å². The Kier molecular flexibility index (Phi) is 3.46. The van der Waals surface area contributed by atoms with Gasteiger partial charge in [-0.25, -0.2) is 12.8 Å². The van der Waals surface area contributed by atoms with E-state index in [0.717, 1.165) is 5.56 Å². The van der Waals surface area contributed by atoms with Gasteiger partial charge in [0.2, 0.25) is 9.84 Å². The minimum absolute atomic E-state index is 0.0749. The van der Waals surface area contributed by atoms with Crippen LogP contribution in [-0.4, -0.2) is 8.42 Å². The predicted octanol–water partition coefficient (Wildman–Crippen LogP) is 3.73. The number of nitriles is 1. The summed E-state index contributed by atoms with van der Waals surface area (Å²) in [5.41, 5.74) is 2.61. The van der Waals surface area contributed by atoms with Gasteiger partial charge in [0.1, 0.15) is 11.9 Å². The fourth-order valence-electron chi connectivity index (χ4n) is 2.59. The molecular weight excluding hydrogens is 315 g/mol. The van der Waals surface area contributed by atoms with E-state index in [1.54, 1.807) is 36.1 Å². The fourth-order valence-corrected chi connectivity index (χ4v) is 3.88. The molecule has 116 valence electrons. The summed E-state index contributed by atoms with van der Waals surface area (Å²) < 4.78 is 38.3. The van der Waals surface area contributed by atoms with Gasteiger partial charge in [-0.3, -0.25) is 0 Å². The van der Waals surface area contributed by atoms with Crippen molar-refractivity contribution in [1.82, 2.24) is 0 Å². The van der Waals surface area contributed by atoms with Crippen LogP contribution in [0.4, 0.5) is 15.8 Å². The second kappa shape index (κ2) is 5.21. The molecule has 4 nitrogen and oxygen atoms in total. The Morgan fingerprint density at radius 1 is 1.09 bits per heavy atom.